The number of hydrogen-bond acceptors (Lipinski definition) is 2. The Kier molecular flexibility index (Phi) is 8.65. The zero-order valence-corrected chi connectivity index (χ0v) is 15.9. The molecule has 2 aromatic carbocycles. The highest BCUT2D eigenvalue weighted by Gasteiger charge is 1.97. The molecule has 0 atom stereocenters. The lowest BCUT2D eigenvalue weighted by Crippen LogP contribution is -2.22. The molecule has 0 aliphatic rings. The van der Waals surface area contributed by atoms with Crippen LogP contribution in [0.3, 0.4) is 0 Å². The molecule has 0 radical (unpaired) electrons. The summed E-state index contributed by atoms with van der Waals surface area (Å²) in [6, 6.07) is 16.4. The Morgan fingerprint density at radius 3 is 2.13 bits per heavy atom. The van der Waals surface area contributed by atoms with Gasteiger partial charge in [0, 0.05) is 12.8 Å². The van der Waals surface area contributed by atoms with Gasteiger partial charge in [0.15, 0.2) is 5.96 Å². The van der Waals surface area contributed by atoms with Crippen LogP contribution in [0.2, 0.25) is 0 Å². The van der Waals surface area contributed by atoms with Crippen molar-refractivity contribution < 1.29 is 4.74 Å². The summed E-state index contributed by atoms with van der Waals surface area (Å²) in [6.45, 7) is 3.32. The average molecular weight is 425 g/mol. The van der Waals surface area contributed by atoms with E-state index in [4.69, 9.17) is 10.5 Å². The van der Waals surface area contributed by atoms with Crippen molar-refractivity contribution >= 4 is 35.6 Å². The van der Waals surface area contributed by atoms with E-state index in [0.29, 0.717) is 19.1 Å². The van der Waals surface area contributed by atoms with Crippen molar-refractivity contribution in [3.63, 3.8) is 0 Å². The van der Waals surface area contributed by atoms with E-state index in [9.17, 15) is 0 Å². The quantitative estimate of drug-likeness (QED) is 0.419. The average Bonchev–Trinajstić information content (AvgIpc) is 2.55. The van der Waals surface area contributed by atoms with Gasteiger partial charge in [-0.3, -0.25) is 0 Å². The minimum atomic E-state index is 0. The number of anilines is 1. The number of guanidine groups is 1. The van der Waals surface area contributed by atoms with Crippen LogP contribution in [-0.4, -0.2) is 13.1 Å². The maximum Gasteiger partial charge on any atom is 0.193 e. The van der Waals surface area contributed by atoms with Crippen molar-refractivity contribution in [2.75, 3.05) is 12.4 Å². The third kappa shape index (κ3) is 6.58. The maximum absolute atomic E-state index is 5.92. The first-order valence-corrected chi connectivity index (χ1v) is 7.44. The predicted octanol–water partition coefficient (Wildman–Crippen LogP) is 3.94. The van der Waals surface area contributed by atoms with E-state index in [1.165, 1.54) is 5.56 Å². The molecule has 124 valence electrons. The first-order chi connectivity index (χ1) is 10.7. The summed E-state index contributed by atoms with van der Waals surface area (Å²) in [7, 11) is 1.69. The van der Waals surface area contributed by atoms with Gasteiger partial charge in [0.1, 0.15) is 0 Å². The second kappa shape index (κ2) is 10.2. The van der Waals surface area contributed by atoms with Crippen molar-refractivity contribution in [3.05, 3.63) is 65.2 Å². The third-order valence-electron chi connectivity index (χ3n) is 3.40. The van der Waals surface area contributed by atoms with Gasteiger partial charge < -0.3 is 15.8 Å². The van der Waals surface area contributed by atoms with Crippen LogP contribution < -0.4 is 11.1 Å². The Labute approximate surface area is 155 Å². The molecule has 3 N–H and O–H groups in total. The van der Waals surface area contributed by atoms with E-state index >= 15 is 0 Å². The molecule has 0 aliphatic heterocycles. The topological polar surface area (TPSA) is 59.6 Å². The molecule has 0 aliphatic carbocycles. The molecule has 23 heavy (non-hydrogen) atoms. The molecule has 0 fully saturated rings. The number of benzene rings is 2. The number of halogens is 1. The highest BCUT2D eigenvalue weighted by molar-refractivity contribution is 14.0. The summed E-state index contributed by atoms with van der Waals surface area (Å²) >= 11 is 0. The van der Waals surface area contributed by atoms with Crippen LogP contribution in [0.1, 0.15) is 23.6 Å². The number of aliphatic imine (C=N–C) groups is 1. The standard InChI is InChI=1S/C18H23N3O.HI/c1-3-14-8-10-17(11-9-14)21-18(19)20-12-15-4-6-16(7-5-15)13-22-2;/h4-11H,3,12-13H2,1-2H3,(H3,19,20,21);1H. The second-order valence-electron chi connectivity index (χ2n) is 5.13. The van der Waals surface area contributed by atoms with Gasteiger partial charge in [0.05, 0.1) is 13.2 Å². The van der Waals surface area contributed by atoms with Crippen molar-refractivity contribution in [1.29, 1.82) is 0 Å². The van der Waals surface area contributed by atoms with E-state index in [2.05, 4.69) is 29.4 Å². The van der Waals surface area contributed by atoms with Gasteiger partial charge in [-0.05, 0) is 35.2 Å². The summed E-state index contributed by atoms with van der Waals surface area (Å²) in [5.74, 6) is 0.421. The molecule has 0 aromatic heterocycles. The van der Waals surface area contributed by atoms with E-state index < -0.39 is 0 Å². The molecular formula is C18H24IN3O. The fourth-order valence-corrected chi connectivity index (χ4v) is 2.10. The van der Waals surface area contributed by atoms with Crippen LogP contribution >= 0.6 is 24.0 Å². The molecule has 0 bridgehead atoms. The fourth-order valence-electron chi connectivity index (χ4n) is 2.10. The van der Waals surface area contributed by atoms with Crippen molar-refractivity contribution in [1.82, 2.24) is 0 Å². The Hall–Kier alpha value is -1.60. The van der Waals surface area contributed by atoms with Crippen molar-refractivity contribution in [2.45, 2.75) is 26.5 Å². The number of aryl methyl sites for hydroxylation is 1. The van der Waals surface area contributed by atoms with Crippen LogP contribution in [0.4, 0.5) is 5.69 Å². The smallest absolute Gasteiger partial charge is 0.193 e. The van der Waals surface area contributed by atoms with E-state index in [1.54, 1.807) is 7.11 Å². The monoisotopic (exact) mass is 425 g/mol. The summed E-state index contributed by atoms with van der Waals surface area (Å²) in [5, 5.41) is 3.10. The number of nitrogens with zero attached hydrogens (tertiary/aromatic N) is 1. The fraction of sp³-hybridized carbons (Fsp3) is 0.278. The van der Waals surface area contributed by atoms with Gasteiger partial charge in [-0.2, -0.15) is 0 Å². The molecule has 2 rings (SSSR count). The first-order valence-electron chi connectivity index (χ1n) is 7.44. The lowest BCUT2D eigenvalue weighted by molar-refractivity contribution is 0.185. The SMILES string of the molecule is CCc1ccc(NC(N)=NCc2ccc(COC)cc2)cc1.I. The minimum absolute atomic E-state index is 0. The van der Waals surface area contributed by atoms with Crippen LogP contribution in [0.25, 0.3) is 0 Å². The number of nitrogens with one attached hydrogen (secondary N) is 1. The highest BCUT2D eigenvalue weighted by atomic mass is 127. The second-order valence-corrected chi connectivity index (χ2v) is 5.13. The lowest BCUT2D eigenvalue weighted by Gasteiger charge is -2.07. The summed E-state index contributed by atoms with van der Waals surface area (Å²) in [5.41, 5.74) is 10.4. The number of methoxy groups -OCH3 is 1. The molecule has 0 amide bonds. The van der Waals surface area contributed by atoms with Gasteiger partial charge in [0.2, 0.25) is 0 Å². The van der Waals surface area contributed by atoms with Gasteiger partial charge in [-0.25, -0.2) is 4.99 Å². The molecule has 0 unspecified atom stereocenters. The summed E-state index contributed by atoms with van der Waals surface area (Å²) in [4.78, 5) is 4.36. The number of nitrogens with two attached hydrogens (primary N) is 1. The van der Waals surface area contributed by atoms with Gasteiger partial charge in [-0.15, -0.1) is 24.0 Å². The highest BCUT2D eigenvalue weighted by Crippen LogP contribution is 2.10. The van der Waals surface area contributed by atoms with E-state index in [1.807, 2.05) is 36.4 Å². The molecule has 0 heterocycles. The summed E-state index contributed by atoms with van der Waals surface area (Å²) < 4.78 is 5.09. The Morgan fingerprint density at radius 2 is 1.57 bits per heavy atom. The Morgan fingerprint density at radius 1 is 1.00 bits per heavy atom. The van der Waals surface area contributed by atoms with Crippen molar-refractivity contribution in [2.24, 2.45) is 10.7 Å². The van der Waals surface area contributed by atoms with E-state index in [-0.39, 0.29) is 24.0 Å². The number of ether oxygens (including phenoxy) is 1. The molecule has 0 saturated heterocycles. The number of rotatable bonds is 6. The molecule has 5 heteroatoms. The van der Waals surface area contributed by atoms with Crippen LogP contribution in [0.5, 0.6) is 0 Å². The summed E-state index contributed by atoms with van der Waals surface area (Å²) in [6.07, 6.45) is 1.03. The van der Waals surface area contributed by atoms with Gasteiger partial charge in [-0.1, -0.05) is 43.3 Å². The molecule has 2 aromatic rings. The zero-order valence-electron chi connectivity index (χ0n) is 13.6. The minimum Gasteiger partial charge on any atom is -0.380 e. The zero-order chi connectivity index (χ0) is 15.8. The van der Waals surface area contributed by atoms with Gasteiger partial charge in [0.25, 0.3) is 0 Å². The molecular weight excluding hydrogens is 401 g/mol. The lowest BCUT2D eigenvalue weighted by atomic mass is 10.1. The number of hydrogen-bond donors (Lipinski definition) is 2. The van der Waals surface area contributed by atoms with Crippen LogP contribution in [0, 0.1) is 0 Å². The van der Waals surface area contributed by atoms with Crippen LogP contribution in [0.15, 0.2) is 53.5 Å². The third-order valence-corrected chi connectivity index (χ3v) is 3.40. The van der Waals surface area contributed by atoms with E-state index in [0.717, 1.165) is 23.2 Å². The van der Waals surface area contributed by atoms with Gasteiger partial charge >= 0.3 is 0 Å². The van der Waals surface area contributed by atoms with Crippen molar-refractivity contribution in [3.8, 4) is 0 Å². The largest absolute Gasteiger partial charge is 0.380 e. The molecule has 0 saturated carbocycles. The molecule has 4 nitrogen and oxygen atoms in total. The Bertz CT molecular complexity index is 609. The predicted molar refractivity (Wildman–Crippen MR) is 107 cm³/mol. The maximum atomic E-state index is 5.92. The first kappa shape index (κ1) is 19.4. The molecule has 0 spiro atoms. The van der Waals surface area contributed by atoms with Crippen LogP contribution in [-0.2, 0) is 24.3 Å². The Balaban J connectivity index is 0.00000264. The normalized spacial score (nSPS) is 11.0.